The molecule has 0 aromatic carbocycles. The molecule has 0 spiro atoms. The summed E-state index contributed by atoms with van der Waals surface area (Å²) in [5, 5.41) is 3.23. The fraction of sp³-hybridized carbons (Fsp3) is 0.900. The number of carbonyl (C=O) groups excluding carboxylic acids is 2. The highest BCUT2D eigenvalue weighted by Crippen LogP contribution is 2.25. The second kappa shape index (κ2) is 8.26. The molecule has 0 saturated carbocycles. The number of nitrogens with zero attached hydrogens (tertiary/aromatic N) is 2. The lowest BCUT2D eigenvalue weighted by Crippen LogP contribution is -2.52. The highest BCUT2D eigenvalue weighted by Gasteiger charge is 2.36. The van der Waals surface area contributed by atoms with Crippen LogP contribution in [0.5, 0.6) is 0 Å². The molecule has 1 N–H and O–H groups in total. The van der Waals surface area contributed by atoms with Crippen LogP contribution in [0, 0.1) is 5.41 Å². The third-order valence-electron chi connectivity index (χ3n) is 5.86. The van der Waals surface area contributed by atoms with Crippen LogP contribution in [0.4, 0.5) is 0 Å². The van der Waals surface area contributed by atoms with Gasteiger partial charge in [0.2, 0.25) is 11.8 Å². The Morgan fingerprint density at radius 1 is 1.08 bits per heavy atom. The summed E-state index contributed by atoms with van der Waals surface area (Å²) >= 11 is 0. The van der Waals surface area contributed by atoms with Crippen LogP contribution in [0.15, 0.2) is 0 Å². The Kier molecular flexibility index (Phi) is 6.23. The first kappa shape index (κ1) is 19.6. The molecule has 3 aliphatic rings. The van der Waals surface area contributed by atoms with Crippen molar-refractivity contribution in [2.45, 2.75) is 77.4 Å². The number of likely N-dealkylation sites (tertiary alicyclic amines) is 2. The summed E-state index contributed by atoms with van der Waals surface area (Å²) in [5.41, 5.74) is -0.0442. The van der Waals surface area contributed by atoms with Crippen molar-refractivity contribution in [2.24, 2.45) is 5.41 Å². The number of ether oxygens (including phenoxy) is 1. The zero-order valence-electron chi connectivity index (χ0n) is 16.6. The molecule has 2 amide bonds. The number of amides is 2. The van der Waals surface area contributed by atoms with Crippen LogP contribution in [0.3, 0.4) is 0 Å². The number of nitrogens with one attached hydrogen (secondary N) is 1. The Hall–Kier alpha value is -1.14. The van der Waals surface area contributed by atoms with Crippen LogP contribution in [0.1, 0.15) is 59.3 Å². The van der Waals surface area contributed by atoms with Gasteiger partial charge in [-0.25, -0.2) is 0 Å². The summed E-state index contributed by atoms with van der Waals surface area (Å²) in [7, 11) is 0. The summed E-state index contributed by atoms with van der Waals surface area (Å²) < 4.78 is 5.49. The molecule has 0 aliphatic carbocycles. The zero-order chi connectivity index (χ0) is 18.7. The molecule has 0 radical (unpaired) electrons. The topological polar surface area (TPSA) is 61.9 Å². The standard InChI is InChI=1S/C20H35N3O3/c1-20(2,3)13-18(24)23-9-4-5-17(23)19(25)21-15-6-10-22(11-7-15)16-8-12-26-14-16/h15-17H,4-14H2,1-3H3,(H,21,25)/t16-,17-/m0/s1. The van der Waals surface area contributed by atoms with E-state index in [2.05, 4.69) is 31.0 Å². The van der Waals surface area contributed by atoms with Gasteiger partial charge in [-0.05, 0) is 37.5 Å². The van der Waals surface area contributed by atoms with Gasteiger partial charge in [0.15, 0.2) is 0 Å². The highest BCUT2D eigenvalue weighted by atomic mass is 16.5. The van der Waals surface area contributed by atoms with Crippen molar-refractivity contribution in [1.29, 1.82) is 0 Å². The molecule has 3 fully saturated rings. The van der Waals surface area contributed by atoms with Crippen molar-refractivity contribution >= 4 is 11.8 Å². The molecule has 3 aliphatic heterocycles. The van der Waals surface area contributed by atoms with Gasteiger partial charge in [-0.1, -0.05) is 20.8 Å². The van der Waals surface area contributed by atoms with Crippen molar-refractivity contribution in [3.8, 4) is 0 Å². The molecule has 6 heteroatoms. The number of hydrogen-bond acceptors (Lipinski definition) is 4. The molecule has 3 heterocycles. The lowest BCUT2D eigenvalue weighted by molar-refractivity contribution is -0.140. The first-order valence-corrected chi connectivity index (χ1v) is 10.2. The Morgan fingerprint density at radius 2 is 1.81 bits per heavy atom. The maximum atomic E-state index is 12.8. The van der Waals surface area contributed by atoms with Crippen molar-refractivity contribution in [1.82, 2.24) is 15.1 Å². The van der Waals surface area contributed by atoms with Gasteiger partial charge in [0, 0.05) is 44.7 Å². The van der Waals surface area contributed by atoms with Crippen molar-refractivity contribution in [3.05, 3.63) is 0 Å². The number of piperidine rings is 1. The monoisotopic (exact) mass is 365 g/mol. The van der Waals surface area contributed by atoms with Crippen LogP contribution in [-0.2, 0) is 14.3 Å². The van der Waals surface area contributed by atoms with E-state index in [-0.39, 0.29) is 29.3 Å². The van der Waals surface area contributed by atoms with E-state index in [0.29, 0.717) is 19.0 Å². The second-order valence-corrected chi connectivity index (χ2v) is 9.32. The quantitative estimate of drug-likeness (QED) is 0.825. The fourth-order valence-corrected chi connectivity index (χ4v) is 4.41. The van der Waals surface area contributed by atoms with E-state index in [1.54, 1.807) is 0 Å². The number of carbonyl (C=O) groups is 2. The predicted octanol–water partition coefficient (Wildman–Crippen LogP) is 1.78. The minimum Gasteiger partial charge on any atom is -0.380 e. The normalized spacial score (nSPS) is 28.5. The van der Waals surface area contributed by atoms with Gasteiger partial charge in [-0.3, -0.25) is 14.5 Å². The molecule has 0 aromatic heterocycles. The molecular weight excluding hydrogens is 330 g/mol. The van der Waals surface area contributed by atoms with Gasteiger partial charge in [-0.2, -0.15) is 0 Å². The lowest BCUT2D eigenvalue weighted by Gasteiger charge is -2.36. The molecule has 26 heavy (non-hydrogen) atoms. The molecular formula is C20H35N3O3. The number of rotatable bonds is 4. The summed E-state index contributed by atoms with van der Waals surface area (Å²) in [6, 6.07) is 0.527. The lowest BCUT2D eigenvalue weighted by atomic mass is 9.91. The van der Waals surface area contributed by atoms with Gasteiger partial charge in [0.1, 0.15) is 6.04 Å². The maximum Gasteiger partial charge on any atom is 0.243 e. The largest absolute Gasteiger partial charge is 0.380 e. The molecule has 3 rings (SSSR count). The second-order valence-electron chi connectivity index (χ2n) is 9.32. The minimum absolute atomic E-state index is 0.0442. The molecule has 3 saturated heterocycles. The minimum atomic E-state index is -0.272. The summed E-state index contributed by atoms with van der Waals surface area (Å²) in [6.45, 7) is 10.7. The van der Waals surface area contributed by atoms with Crippen LogP contribution in [0.2, 0.25) is 0 Å². The summed E-state index contributed by atoms with van der Waals surface area (Å²) in [6.07, 6.45) is 5.33. The van der Waals surface area contributed by atoms with Crippen LogP contribution in [0.25, 0.3) is 0 Å². The van der Waals surface area contributed by atoms with E-state index in [1.165, 1.54) is 0 Å². The third-order valence-corrected chi connectivity index (χ3v) is 5.86. The number of hydrogen-bond donors (Lipinski definition) is 1. The fourth-order valence-electron chi connectivity index (χ4n) is 4.41. The Balaban J connectivity index is 1.47. The van der Waals surface area contributed by atoms with Crippen LogP contribution >= 0.6 is 0 Å². The highest BCUT2D eigenvalue weighted by molar-refractivity contribution is 5.88. The molecule has 0 unspecified atom stereocenters. The first-order valence-electron chi connectivity index (χ1n) is 10.2. The van der Waals surface area contributed by atoms with Crippen LogP contribution < -0.4 is 5.32 Å². The van der Waals surface area contributed by atoms with E-state index in [0.717, 1.165) is 58.4 Å². The zero-order valence-corrected chi connectivity index (χ0v) is 16.6. The Labute approximate surface area is 157 Å². The summed E-state index contributed by atoms with van der Waals surface area (Å²) in [4.78, 5) is 29.7. The Morgan fingerprint density at radius 3 is 2.42 bits per heavy atom. The molecule has 0 bridgehead atoms. The predicted molar refractivity (Wildman–Crippen MR) is 101 cm³/mol. The average molecular weight is 366 g/mol. The smallest absolute Gasteiger partial charge is 0.243 e. The van der Waals surface area contributed by atoms with Gasteiger partial charge < -0.3 is 15.0 Å². The third kappa shape index (κ3) is 4.97. The average Bonchev–Trinajstić information content (AvgIpc) is 3.26. The van der Waals surface area contributed by atoms with Crippen molar-refractivity contribution < 1.29 is 14.3 Å². The van der Waals surface area contributed by atoms with E-state index < -0.39 is 0 Å². The van der Waals surface area contributed by atoms with Gasteiger partial charge in [0.25, 0.3) is 0 Å². The summed E-state index contributed by atoms with van der Waals surface area (Å²) in [5.74, 6) is 0.165. The molecule has 6 nitrogen and oxygen atoms in total. The molecule has 2 atom stereocenters. The van der Waals surface area contributed by atoms with E-state index in [1.807, 2.05) is 4.90 Å². The Bertz CT molecular complexity index is 503. The van der Waals surface area contributed by atoms with E-state index in [9.17, 15) is 9.59 Å². The SMILES string of the molecule is CC(C)(C)CC(=O)N1CCC[C@H]1C(=O)NC1CCN([C@H]2CCOC2)CC1. The molecule has 148 valence electrons. The van der Waals surface area contributed by atoms with Gasteiger partial charge in [0.05, 0.1) is 6.61 Å². The molecule has 0 aromatic rings. The van der Waals surface area contributed by atoms with E-state index in [4.69, 9.17) is 4.74 Å². The van der Waals surface area contributed by atoms with Crippen molar-refractivity contribution in [3.63, 3.8) is 0 Å². The maximum absolute atomic E-state index is 12.8. The van der Waals surface area contributed by atoms with Crippen molar-refractivity contribution in [2.75, 3.05) is 32.8 Å². The van der Waals surface area contributed by atoms with Gasteiger partial charge in [-0.15, -0.1) is 0 Å². The first-order chi connectivity index (χ1) is 12.3. The van der Waals surface area contributed by atoms with Crippen LogP contribution in [-0.4, -0.2) is 72.6 Å². The van der Waals surface area contributed by atoms with E-state index >= 15 is 0 Å². The van der Waals surface area contributed by atoms with Gasteiger partial charge >= 0.3 is 0 Å².